The fourth-order valence-electron chi connectivity index (χ4n) is 7.25. The molecule has 1 N–H and O–H groups in total. The maximum Gasteiger partial charge on any atom is 0.162 e. The van der Waals surface area contributed by atoms with E-state index in [-0.39, 0.29) is 48.9 Å². The molecule has 51 heavy (non-hydrogen) atoms. The van der Waals surface area contributed by atoms with Crippen LogP contribution in [0.5, 0.6) is 0 Å². The van der Waals surface area contributed by atoms with Gasteiger partial charge >= 0.3 is 0 Å². The molecule has 1 aliphatic carbocycles. The van der Waals surface area contributed by atoms with Gasteiger partial charge in [-0.05, 0) is 90.5 Å². The van der Waals surface area contributed by atoms with E-state index in [1.54, 1.807) is 0 Å². The third-order valence-corrected chi connectivity index (χ3v) is 11.4. The number of aryl methyl sites for hydroxylation is 2. The number of hydrogen-bond donors (Lipinski definition) is 1. The molecule has 3 aromatic heterocycles. The van der Waals surface area contributed by atoms with E-state index in [0.717, 1.165) is 61.6 Å². The van der Waals surface area contributed by atoms with Gasteiger partial charge in [-0.25, -0.2) is 0 Å². The fraction of sp³-hybridized carbons (Fsp3) is 0.444. The average molecular weight is 880 g/mol. The van der Waals surface area contributed by atoms with Gasteiger partial charge in [0.05, 0.1) is 5.76 Å². The first-order valence-corrected chi connectivity index (χ1v) is 19.5. The molecule has 0 saturated carbocycles. The third kappa shape index (κ3) is 9.07. The molecule has 0 fully saturated rings. The van der Waals surface area contributed by atoms with Gasteiger partial charge in [-0.1, -0.05) is 91.5 Å². The van der Waals surface area contributed by atoms with Crippen molar-refractivity contribution in [2.75, 3.05) is 0 Å². The van der Waals surface area contributed by atoms with Gasteiger partial charge in [0.15, 0.2) is 5.78 Å². The molecule has 0 unspecified atom stereocenters. The van der Waals surface area contributed by atoms with Crippen LogP contribution in [0.3, 0.4) is 0 Å². The molecule has 2 aromatic carbocycles. The molecule has 5 aromatic rings. The summed E-state index contributed by atoms with van der Waals surface area (Å²) in [5, 5.41) is 13.5. The Kier molecular flexibility index (Phi) is 14.0. The summed E-state index contributed by atoms with van der Waals surface area (Å²) in [6.07, 6.45) is 12.1. The molecule has 0 saturated heterocycles. The van der Waals surface area contributed by atoms with Crippen LogP contribution in [-0.4, -0.2) is 20.9 Å². The fourth-order valence-corrected chi connectivity index (χ4v) is 8.55. The van der Waals surface area contributed by atoms with Crippen LogP contribution in [0.1, 0.15) is 110 Å². The Morgan fingerprint density at radius 1 is 0.961 bits per heavy atom. The first kappa shape index (κ1) is 40.6. The van der Waals surface area contributed by atoms with Crippen LogP contribution < -0.4 is 0 Å². The SMILES string of the molecule is CC(C)Cc1cc2c(cn1)CCc1c-2sc2ccnc(-c3[c-]c4ccccc4c(C(C)(C)C)c3)c12.CCC(CC)C(=O)/C=C(\O)C(CC)CC.[Ir]. The summed E-state index contributed by atoms with van der Waals surface area (Å²) in [6, 6.07) is 19.2. The van der Waals surface area contributed by atoms with Crippen molar-refractivity contribution in [1.29, 1.82) is 0 Å². The second kappa shape index (κ2) is 17.6. The van der Waals surface area contributed by atoms with Crippen molar-refractivity contribution in [1.82, 2.24) is 9.97 Å². The van der Waals surface area contributed by atoms with E-state index in [4.69, 9.17) is 9.97 Å². The zero-order chi connectivity index (χ0) is 36.2. The summed E-state index contributed by atoms with van der Waals surface area (Å²) in [5.74, 6) is 1.15. The molecule has 0 amide bonds. The minimum atomic E-state index is 0. The van der Waals surface area contributed by atoms with Crippen LogP contribution in [0, 0.1) is 23.8 Å². The van der Waals surface area contributed by atoms with Gasteiger partial charge in [0.25, 0.3) is 0 Å². The van der Waals surface area contributed by atoms with Crippen LogP contribution in [0.15, 0.2) is 66.7 Å². The van der Waals surface area contributed by atoms with E-state index >= 15 is 0 Å². The maximum absolute atomic E-state index is 11.7. The summed E-state index contributed by atoms with van der Waals surface area (Å²) < 4.78 is 1.31. The Balaban J connectivity index is 0.000000312. The summed E-state index contributed by atoms with van der Waals surface area (Å²) in [4.78, 5) is 22.9. The van der Waals surface area contributed by atoms with Crippen molar-refractivity contribution in [3.05, 3.63) is 95.1 Å². The number of rotatable bonds is 10. The van der Waals surface area contributed by atoms with Crippen LogP contribution in [0.25, 0.3) is 42.6 Å². The van der Waals surface area contributed by atoms with Crippen LogP contribution in [0.4, 0.5) is 0 Å². The van der Waals surface area contributed by atoms with Crippen LogP contribution >= 0.6 is 11.3 Å². The number of benzene rings is 2. The van der Waals surface area contributed by atoms with Gasteiger partial charge in [0, 0.05) is 71.4 Å². The van der Waals surface area contributed by atoms with Gasteiger partial charge in [0.2, 0.25) is 0 Å². The molecule has 1 aliphatic rings. The van der Waals surface area contributed by atoms with Gasteiger partial charge in [-0.3, -0.25) is 14.8 Å². The predicted octanol–water partition coefficient (Wildman–Crippen LogP) is 12.4. The Morgan fingerprint density at radius 3 is 2.29 bits per heavy atom. The molecular weight excluding hydrogens is 825 g/mol. The monoisotopic (exact) mass is 880 g/mol. The Hall–Kier alpha value is -3.18. The molecule has 273 valence electrons. The molecule has 0 atom stereocenters. The van der Waals surface area contributed by atoms with Gasteiger partial charge in [0.1, 0.15) is 0 Å². The van der Waals surface area contributed by atoms with Gasteiger partial charge in [-0.2, -0.15) is 0 Å². The molecule has 6 heteroatoms. The number of hydrogen-bond acceptors (Lipinski definition) is 5. The summed E-state index contributed by atoms with van der Waals surface area (Å²) in [7, 11) is 0. The topological polar surface area (TPSA) is 63.1 Å². The van der Waals surface area contributed by atoms with Gasteiger partial charge in [-0.15, -0.1) is 40.5 Å². The molecule has 4 nitrogen and oxygen atoms in total. The number of nitrogens with zero attached hydrogens (tertiary/aromatic N) is 2. The summed E-state index contributed by atoms with van der Waals surface area (Å²) in [6.45, 7) is 19.5. The molecule has 3 heterocycles. The number of pyridine rings is 2. The minimum Gasteiger partial charge on any atom is -0.512 e. The minimum absolute atomic E-state index is 0. The molecule has 0 spiro atoms. The number of aliphatic hydroxyl groups is 1. The van der Waals surface area contributed by atoms with Crippen molar-refractivity contribution >= 4 is 38.0 Å². The number of carbonyl (C=O) groups is 1. The van der Waals surface area contributed by atoms with Gasteiger partial charge < -0.3 is 5.11 Å². The number of thiophene rings is 1. The average Bonchev–Trinajstić information content (AvgIpc) is 3.48. The molecule has 0 aliphatic heterocycles. The van der Waals surface area contributed by atoms with E-state index in [0.29, 0.717) is 5.92 Å². The van der Waals surface area contributed by atoms with Crippen molar-refractivity contribution in [3.63, 3.8) is 0 Å². The van der Waals surface area contributed by atoms with Crippen molar-refractivity contribution in [2.45, 2.75) is 113 Å². The second-order valence-electron chi connectivity index (χ2n) is 15.3. The largest absolute Gasteiger partial charge is 0.512 e. The third-order valence-electron chi connectivity index (χ3n) is 10.2. The van der Waals surface area contributed by atoms with E-state index in [9.17, 15) is 9.90 Å². The molecule has 1 radical (unpaired) electrons. The first-order chi connectivity index (χ1) is 23.9. The molecule has 6 rings (SSSR count). The molecular formula is C45H55IrN2O2S-. The Bertz CT molecular complexity index is 1990. The standard InChI is InChI=1S/C32H31N2S.C13H24O2.Ir/c1-19(2)14-23-17-26-21(18-34-23)10-11-25-29-28(35-31(25)26)12-13-33-30(29)22-15-20-8-6-7-9-24(20)27(16-22)32(3,4)5;1-5-10(6-2)12(14)9-13(15)11(7-3)8-4;/h6-9,12-13,16-19H,10-11,14H2,1-5H3;9-11,14H,5-8H2,1-4H3;/q-1;;/b;12-9-;. The smallest absolute Gasteiger partial charge is 0.162 e. The van der Waals surface area contributed by atoms with Crippen LogP contribution in [0.2, 0.25) is 0 Å². The van der Waals surface area contributed by atoms with Crippen molar-refractivity contribution in [2.24, 2.45) is 17.8 Å². The normalized spacial score (nSPS) is 12.9. The maximum atomic E-state index is 11.7. The van der Waals surface area contributed by atoms with E-state index in [1.165, 1.54) is 54.4 Å². The Labute approximate surface area is 323 Å². The number of ketones is 1. The zero-order valence-corrected chi connectivity index (χ0v) is 35.2. The van der Waals surface area contributed by atoms with E-state index in [2.05, 4.69) is 89.3 Å². The molecule has 0 bridgehead atoms. The number of carbonyl (C=O) groups excluding carboxylic acids is 1. The Morgan fingerprint density at radius 2 is 1.65 bits per heavy atom. The number of fused-ring (bicyclic) bond motifs is 6. The van der Waals surface area contributed by atoms with Crippen LogP contribution in [-0.2, 0) is 49.6 Å². The zero-order valence-electron chi connectivity index (χ0n) is 31.9. The first-order valence-electron chi connectivity index (χ1n) is 18.7. The number of allylic oxidation sites excluding steroid dienone is 2. The quantitative estimate of drug-likeness (QED) is 0.0862. The predicted molar refractivity (Wildman–Crippen MR) is 213 cm³/mol. The summed E-state index contributed by atoms with van der Waals surface area (Å²) >= 11 is 1.91. The summed E-state index contributed by atoms with van der Waals surface area (Å²) in [5.41, 5.74) is 8.93. The van der Waals surface area contributed by atoms with Crippen molar-refractivity contribution < 1.29 is 30.0 Å². The second-order valence-corrected chi connectivity index (χ2v) is 16.3. The number of aromatic nitrogens is 2. The number of aliphatic hydroxyl groups excluding tert-OH is 1. The van der Waals surface area contributed by atoms with E-state index in [1.807, 2.05) is 45.2 Å². The van der Waals surface area contributed by atoms with Crippen molar-refractivity contribution in [3.8, 4) is 21.7 Å². The van der Waals surface area contributed by atoms with E-state index < -0.39 is 0 Å².